The Morgan fingerprint density at radius 3 is 2.96 bits per heavy atom. The van der Waals surface area contributed by atoms with Crippen LogP contribution in [0.4, 0.5) is 6.01 Å². The van der Waals surface area contributed by atoms with Gasteiger partial charge < -0.3 is 8.98 Å². The van der Waals surface area contributed by atoms with Crippen molar-refractivity contribution in [3.05, 3.63) is 46.4 Å². The lowest BCUT2D eigenvalue weighted by atomic mass is 10.1. The summed E-state index contributed by atoms with van der Waals surface area (Å²) >= 11 is 1.50. The number of hydrogen-bond donors (Lipinski definition) is 1. The Kier molecular flexibility index (Phi) is 3.81. The summed E-state index contributed by atoms with van der Waals surface area (Å²) in [5.74, 6) is 0.0887. The van der Waals surface area contributed by atoms with E-state index in [-0.39, 0.29) is 18.3 Å². The Labute approximate surface area is 147 Å². The van der Waals surface area contributed by atoms with Gasteiger partial charge in [-0.25, -0.2) is 4.98 Å². The van der Waals surface area contributed by atoms with Crippen molar-refractivity contribution in [2.75, 3.05) is 5.32 Å². The van der Waals surface area contributed by atoms with Crippen LogP contribution in [0.5, 0.6) is 0 Å². The van der Waals surface area contributed by atoms with Gasteiger partial charge in [-0.1, -0.05) is 23.3 Å². The van der Waals surface area contributed by atoms with E-state index < -0.39 is 0 Å². The molecular formula is C17H15N5O2S. The van der Waals surface area contributed by atoms with Crippen molar-refractivity contribution in [3.63, 3.8) is 0 Å². The number of nitrogens with zero attached hydrogens (tertiary/aromatic N) is 4. The Morgan fingerprint density at radius 1 is 1.32 bits per heavy atom. The van der Waals surface area contributed by atoms with Crippen molar-refractivity contribution in [2.45, 2.75) is 13.3 Å². The van der Waals surface area contributed by atoms with Crippen LogP contribution < -0.4 is 5.32 Å². The second kappa shape index (κ2) is 6.14. The Bertz CT molecular complexity index is 1060. The van der Waals surface area contributed by atoms with E-state index in [1.54, 1.807) is 0 Å². The molecule has 8 heteroatoms. The molecule has 0 spiro atoms. The molecule has 1 amide bonds. The molecule has 0 aliphatic rings. The van der Waals surface area contributed by atoms with E-state index in [0.29, 0.717) is 11.6 Å². The van der Waals surface area contributed by atoms with Crippen LogP contribution in [0.1, 0.15) is 10.6 Å². The van der Waals surface area contributed by atoms with Gasteiger partial charge in [0, 0.05) is 29.5 Å². The first-order valence-electron chi connectivity index (χ1n) is 7.69. The number of carbonyl (C=O) groups excluding carboxylic acids is 1. The summed E-state index contributed by atoms with van der Waals surface area (Å²) in [7, 11) is 1.96. The fourth-order valence-electron chi connectivity index (χ4n) is 2.74. The zero-order valence-corrected chi connectivity index (χ0v) is 14.5. The minimum absolute atomic E-state index is 0.0749. The number of fused-ring (bicyclic) bond motifs is 1. The van der Waals surface area contributed by atoms with Crippen molar-refractivity contribution in [3.8, 4) is 11.6 Å². The molecule has 0 radical (unpaired) electrons. The van der Waals surface area contributed by atoms with Gasteiger partial charge in [-0.05, 0) is 18.6 Å². The van der Waals surface area contributed by atoms with E-state index in [4.69, 9.17) is 4.42 Å². The largest absolute Gasteiger partial charge is 0.401 e. The number of anilines is 1. The lowest BCUT2D eigenvalue weighted by Gasteiger charge is -1.99. The van der Waals surface area contributed by atoms with Crippen molar-refractivity contribution in [1.29, 1.82) is 0 Å². The summed E-state index contributed by atoms with van der Waals surface area (Å²) in [4.78, 5) is 16.6. The van der Waals surface area contributed by atoms with E-state index in [0.717, 1.165) is 21.5 Å². The van der Waals surface area contributed by atoms with Crippen LogP contribution >= 0.6 is 11.3 Å². The molecule has 1 N–H and O–H groups in total. The number of para-hydroxylation sites is 1. The smallest absolute Gasteiger partial charge is 0.322 e. The van der Waals surface area contributed by atoms with Gasteiger partial charge in [0.2, 0.25) is 5.91 Å². The third-order valence-corrected chi connectivity index (χ3v) is 4.61. The highest BCUT2D eigenvalue weighted by Crippen LogP contribution is 2.23. The SMILES string of the molecule is Cc1nc(-c2nnc(NC(=O)Cc3cn(C)c4ccccc34)o2)cs1. The van der Waals surface area contributed by atoms with Gasteiger partial charge in [-0.3, -0.25) is 10.1 Å². The highest BCUT2D eigenvalue weighted by Gasteiger charge is 2.15. The van der Waals surface area contributed by atoms with Gasteiger partial charge >= 0.3 is 6.01 Å². The van der Waals surface area contributed by atoms with E-state index in [1.165, 1.54) is 11.3 Å². The van der Waals surface area contributed by atoms with Gasteiger partial charge in [0.1, 0.15) is 5.69 Å². The molecule has 0 bridgehead atoms. The molecule has 4 rings (SSSR count). The fraction of sp³-hybridized carbons (Fsp3) is 0.176. The highest BCUT2D eigenvalue weighted by atomic mass is 32.1. The number of thiazole rings is 1. The van der Waals surface area contributed by atoms with Crippen LogP contribution in [-0.2, 0) is 18.3 Å². The van der Waals surface area contributed by atoms with Crippen LogP contribution in [0.25, 0.3) is 22.5 Å². The van der Waals surface area contributed by atoms with E-state index in [2.05, 4.69) is 20.5 Å². The second-order valence-electron chi connectivity index (χ2n) is 5.67. The zero-order valence-electron chi connectivity index (χ0n) is 13.7. The number of benzene rings is 1. The Morgan fingerprint density at radius 2 is 2.16 bits per heavy atom. The minimum Gasteiger partial charge on any atom is -0.401 e. The number of aryl methyl sites for hydroxylation is 2. The predicted molar refractivity (Wildman–Crippen MR) is 95.4 cm³/mol. The molecule has 25 heavy (non-hydrogen) atoms. The lowest BCUT2D eigenvalue weighted by Crippen LogP contribution is -2.14. The lowest BCUT2D eigenvalue weighted by molar-refractivity contribution is -0.115. The molecule has 0 fully saturated rings. The molecular weight excluding hydrogens is 338 g/mol. The first-order chi connectivity index (χ1) is 12.1. The number of nitrogens with one attached hydrogen (secondary N) is 1. The van der Waals surface area contributed by atoms with Gasteiger partial charge in [0.15, 0.2) is 0 Å². The summed E-state index contributed by atoms with van der Waals surface area (Å²) in [5, 5.41) is 14.2. The van der Waals surface area contributed by atoms with E-state index in [9.17, 15) is 4.79 Å². The maximum Gasteiger partial charge on any atom is 0.322 e. The van der Waals surface area contributed by atoms with Gasteiger partial charge in [-0.2, -0.15) is 0 Å². The first-order valence-corrected chi connectivity index (χ1v) is 8.57. The molecule has 3 aromatic heterocycles. The summed E-state index contributed by atoms with van der Waals surface area (Å²) in [6, 6.07) is 8.05. The highest BCUT2D eigenvalue weighted by molar-refractivity contribution is 7.09. The van der Waals surface area contributed by atoms with Crippen molar-refractivity contribution < 1.29 is 9.21 Å². The van der Waals surface area contributed by atoms with Crippen molar-refractivity contribution in [2.24, 2.45) is 7.05 Å². The summed E-state index contributed by atoms with van der Waals surface area (Å²) in [5.41, 5.74) is 2.65. The number of amides is 1. The molecule has 126 valence electrons. The van der Waals surface area contributed by atoms with Gasteiger partial charge in [0.25, 0.3) is 5.89 Å². The van der Waals surface area contributed by atoms with Crippen LogP contribution in [-0.4, -0.2) is 25.7 Å². The summed E-state index contributed by atoms with van der Waals surface area (Å²) in [6.45, 7) is 1.90. The second-order valence-corrected chi connectivity index (χ2v) is 6.73. The quantitative estimate of drug-likeness (QED) is 0.609. The number of aromatic nitrogens is 4. The van der Waals surface area contributed by atoms with Crippen LogP contribution in [0.15, 0.2) is 40.3 Å². The number of rotatable bonds is 4. The van der Waals surface area contributed by atoms with Crippen LogP contribution in [0.2, 0.25) is 0 Å². The van der Waals surface area contributed by atoms with Crippen LogP contribution in [0.3, 0.4) is 0 Å². The number of hydrogen-bond acceptors (Lipinski definition) is 6. The van der Waals surface area contributed by atoms with Crippen molar-refractivity contribution >= 4 is 34.2 Å². The first kappa shape index (κ1) is 15.5. The Hall–Kier alpha value is -3.00. The minimum atomic E-state index is -0.207. The maximum absolute atomic E-state index is 12.3. The molecule has 0 saturated carbocycles. The maximum atomic E-state index is 12.3. The monoisotopic (exact) mass is 353 g/mol. The normalized spacial score (nSPS) is 11.1. The van der Waals surface area contributed by atoms with E-state index >= 15 is 0 Å². The third-order valence-electron chi connectivity index (χ3n) is 3.84. The molecule has 3 heterocycles. The van der Waals surface area contributed by atoms with Gasteiger partial charge in [0.05, 0.1) is 11.4 Å². The number of carbonyl (C=O) groups is 1. The molecule has 4 aromatic rings. The molecule has 0 aliphatic heterocycles. The topological polar surface area (TPSA) is 85.8 Å². The molecule has 0 aliphatic carbocycles. The van der Waals surface area contributed by atoms with E-state index in [1.807, 2.05) is 54.4 Å². The Balaban J connectivity index is 1.50. The molecule has 0 saturated heterocycles. The summed E-state index contributed by atoms with van der Waals surface area (Å²) < 4.78 is 7.48. The fourth-order valence-corrected chi connectivity index (χ4v) is 3.33. The molecule has 7 nitrogen and oxygen atoms in total. The van der Waals surface area contributed by atoms with Gasteiger partial charge in [-0.15, -0.1) is 16.4 Å². The zero-order chi connectivity index (χ0) is 17.4. The third kappa shape index (κ3) is 3.03. The average molecular weight is 353 g/mol. The standard InChI is InChI=1S/C17H15N5O2S/c1-10-18-13(9-25-10)16-20-21-17(24-16)19-15(23)7-11-8-22(2)14-6-4-3-5-12(11)14/h3-6,8-9H,7H2,1-2H3,(H,19,21,23). The molecule has 1 aromatic carbocycles. The predicted octanol–water partition coefficient (Wildman–Crippen LogP) is 3.17. The van der Waals surface area contributed by atoms with Crippen LogP contribution in [0, 0.1) is 6.92 Å². The average Bonchev–Trinajstić information content (AvgIpc) is 3.29. The molecule has 0 unspecified atom stereocenters. The van der Waals surface area contributed by atoms with Crippen molar-refractivity contribution in [1.82, 2.24) is 19.7 Å². The summed E-state index contributed by atoms with van der Waals surface area (Å²) in [6.07, 6.45) is 2.19. The molecule has 0 atom stereocenters.